The summed E-state index contributed by atoms with van der Waals surface area (Å²) in [6.07, 6.45) is 2.11. The van der Waals surface area contributed by atoms with Gasteiger partial charge in [-0.2, -0.15) is 0 Å². The number of nitrogens with zero attached hydrogens (tertiary/aromatic N) is 2. The predicted molar refractivity (Wildman–Crippen MR) is 102 cm³/mol. The van der Waals surface area contributed by atoms with Gasteiger partial charge in [-0.15, -0.1) is 0 Å². The first-order valence-corrected chi connectivity index (χ1v) is 9.33. The van der Waals surface area contributed by atoms with Crippen LogP contribution >= 0.6 is 11.8 Å². The average molecular weight is 338 g/mol. The quantitative estimate of drug-likeness (QED) is 0.371. The van der Waals surface area contributed by atoms with E-state index in [0.717, 1.165) is 29.3 Å². The van der Waals surface area contributed by atoms with E-state index in [9.17, 15) is 4.79 Å². The SMILES string of the molecule is CC(C)n1c(SCCCc2ccccc2)nc2ccccc2c1=O. The maximum Gasteiger partial charge on any atom is 0.262 e. The van der Waals surface area contributed by atoms with Crippen molar-refractivity contribution in [1.82, 2.24) is 9.55 Å². The highest BCUT2D eigenvalue weighted by atomic mass is 32.2. The van der Waals surface area contributed by atoms with Crippen molar-refractivity contribution < 1.29 is 0 Å². The molecule has 24 heavy (non-hydrogen) atoms. The highest BCUT2D eigenvalue weighted by molar-refractivity contribution is 7.99. The third-order valence-electron chi connectivity index (χ3n) is 3.98. The van der Waals surface area contributed by atoms with E-state index in [-0.39, 0.29) is 11.6 Å². The Morgan fingerprint density at radius 3 is 2.50 bits per heavy atom. The van der Waals surface area contributed by atoms with E-state index in [1.54, 1.807) is 11.8 Å². The van der Waals surface area contributed by atoms with Crippen LogP contribution in [0.4, 0.5) is 0 Å². The van der Waals surface area contributed by atoms with Gasteiger partial charge in [0, 0.05) is 11.8 Å². The lowest BCUT2D eigenvalue weighted by atomic mass is 10.1. The zero-order valence-electron chi connectivity index (χ0n) is 14.1. The van der Waals surface area contributed by atoms with Gasteiger partial charge in [-0.3, -0.25) is 9.36 Å². The molecule has 0 amide bonds. The van der Waals surface area contributed by atoms with Crippen LogP contribution in [0.2, 0.25) is 0 Å². The van der Waals surface area contributed by atoms with Crippen LogP contribution in [-0.2, 0) is 6.42 Å². The minimum atomic E-state index is 0.0566. The molecule has 3 nitrogen and oxygen atoms in total. The van der Waals surface area contributed by atoms with Crippen molar-refractivity contribution in [3.63, 3.8) is 0 Å². The van der Waals surface area contributed by atoms with Gasteiger partial charge in [0.2, 0.25) is 0 Å². The largest absolute Gasteiger partial charge is 0.285 e. The summed E-state index contributed by atoms with van der Waals surface area (Å²) >= 11 is 1.68. The van der Waals surface area contributed by atoms with E-state index in [4.69, 9.17) is 4.98 Å². The first-order valence-electron chi connectivity index (χ1n) is 8.35. The number of aryl methyl sites for hydroxylation is 1. The molecule has 0 atom stereocenters. The van der Waals surface area contributed by atoms with Crippen molar-refractivity contribution in [1.29, 1.82) is 0 Å². The molecule has 1 heterocycles. The zero-order chi connectivity index (χ0) is 16.9. The molecule has 0 N–H and O–H groups in total. The van der Waals surface area contributed by atoms with E-state index < -0.39 is 0 Å². The minimum Gasteiger partial charge on any atom is -0.285 e. The summed E-state index contributed by atoms with van der Waals surface area (Å²) in [5, 5.41) is 1.52. The average Bonchev–Trinajstić information content (AvgIpc) is 2.59. The van der Waals surface area contributed by atoms with Gasteiger partial charge >= 0.3 is 0 Å². The Kier molecular flexibility index (Phi) is 5.36. The molecule has 0 aliphatic carbocycles. The van der Waals surface area contributed by atoms with Crippen LogP contribution in [0.15, 0.2) is 64.5 Å². The Morgan fingerprint density at radius 1 is 1.04 bits per heavy atom. The molecule has 0 unspecified atom stereocenters. The van der Waals surface area contributed by atoms with Gasteiger partial charge in [0.1, 0.15) is 0 Å². The Labute approximate surface area is 146 Å². The highest BCUT2D eigenvalue weighted by Crippen LogP contribution is 2.22. The Hall–Kier alpha value is -2.07. The third kappa shape index (κ3) is 3.70. The maximum atomic E-state index is 12.8. The molecular formula is C20H22N2OS. The summed E-state index contributed by atoms with van der Waals surface area (Å²) in [4.78, 5) is 17.5. The Balaban J connectivity index is 1.78. The zero-order valence-corrected chi connectivity index (χ0v) is 14.9. The first kappa shape index (κ1) is 16.8. The minimum absolute atomic E-state index is 0.0566. The molecule has 0 bridgehead atoms. The highest BCUT2D eigenvalue weighted by Gasteiger charge is 2.13. The van der Waals surface area contributed by atoms with Gasteiger partial charge in [0.05, 0.1) is 10.9 Å². The van der Waals surface area contributed by atoms with E-state index in [2.05, 4.69) is 24.3 Å². The lowest BCUT2D eigenvalue weighted by Gasteiger charge is -2.16. The van der Waals surface area contributed by atoms with Gasteiger partial charge in [-0.05, 0) is 44.4 Å². The van der Waals surface area contributed by atoms with Crippen molar-refractivity contribution in [3.05, 3.63) is 70.5 Å². The molecule has 0 radical (unpaired) electrons. The van der Waals surface area contributed by atoms with Crippen LogP contribution in [0.1, 0.15) is 31.9 Å². The summed E-state index contributed by atoms with van der Waals surface area (Å²) in [6, 6.07) is 18.2. The smallest absolute Gasteiger partial charge is 0.262 e. The van der Waals surface area contributed by atoms with Crippen LogP contribution in [0, 0.1) is 0 Å². The van der Waals surface area contributed by atoms with Crippen LogP contribution in [0.5, 0.6) is 0 Å². The molecule has 3 rings (SSSR count). The molecule has 2 aromatic carbocycles. The fraction of sp³-hybridized carbons (Fsp3) is 0.300. The van der Waals surface area contributed by atoms with Crippen molar-refractivity contribution in [2.75, 3.05) is 5.75 Å². The molecule has 1 aromatic heterocycles. The van der Waals surface area contributed by atoms with Crippen LogP contribution in [-0.4, -0.2) is 15.3 Å². The second-order valence-corrected chi connectivity index (χ2v) is 7.18. The Bertz CT molecular complexity index is 872. The number of thioether (sulfide) groups is 1. The fourth-order valence-corrected chi connectivity index (χ4v) is 3.83. The van der Waals surface area contributed by atoms with E-state index in [0.29, 0.717) is 5.39 Å². The van der Waals surface area contributed by atoms with Gasteiger partial charge in [-0.25, -0.2) is 4.98 Å². The second kappa shape index (κ2) is 7.67. The number of benzene rings is 2. The summed E-state index contributed by atoms with van der Waals surface area (Å²) in [7, 11) is 0. The van der Waals surface area contributed by atoms with Gasteiger partial charge in [0.15, 0.2) is 5.16 Å². The molecule has 0 saturated heterocycles. The topological polar surface area (TPSA) is 34.9 Å². The van der Waals surface area contributed by atoms with Crippen molar-refractivity contribution in [2.45, 2.75) is 37.9 Å². The normalized spacial score (nSPS) is 11.3. The van der Waals surface area contributed by atoms with E-state index in [1.807, 2.05) is 48.7 Å². The van der Waals surface area contributed by atoms with Crippen LogP contribution in [0.3, 0.4) is 0 Å². The number of rotatable bonds is 6. The standard InChI is InChI=1S/C20H22N2OS/c1-15(2)22-19(23)17-12-6-7-13-18(17)21-20(22)24-14-8-11-16-9-4-3-5-10-16/h3-7,9-10,12-13,15H,8,11,14H2,1-2H3. The molecule has 0 aliphatic heterocycles. The van der Waals surface area contributed by atoms with Crippen LogP contribution < -0.4 is 5.56 Å². The van der Waals surface area contributed by atoms with Crippen molar-refractivity contribution in [2.24, 2.45) is 0 Å². The fourth-order valence-electron chi connectivity index (χ4n) is 2.77. The number of fused-ring (bicyclic) bond motifs is 1. The van der Waals surface area contributed by atoms with Gasteiger partial charge in [0.25, 0.3) is 5.56 Å². The number of aromatic nitrogens is 2. The monoisotopic (exact) mass is 338 g/mol. The number of para-hydroxylation sites is 1. The predicted octanol–water partition coefficient (Wildman–Crippen LogP) is 4.70. The molecular weight excluding hydrogens is 316 g/mol. The van der Waals surface area contributed by atoms with Crippen LogP contribution in [0.25, 0.3) is 10.9 Å². The summed E-state index contributed by atoms with van der Waals surface area (Å²) in [5.74, 6) is 0.951. The molecule has 124 valence electrons. The maximum absolute atomic E-state index is 12.8. The second-order valence-electron chi connectivity index (χ2n) is 6.12. The summed E-state index contributed by atoms with van der Waals surface area (Å²) in [6.45, 7) is 4.07. The summed E-state index contributed by atoms with van der Waals surface area (Å²) in [5.41, 5.74) is 2.19. The lowest BCUT2D eigenvalue weighted by molar-refractivity contribution is 0.519. The van der Waals surface area contributed by atoms with Gasteiger partial charge in [-0.1, -0.05) is 54.2 Å². The number of hydrogen-bond donors (Lipinski definition) is 0. The molecule has 4 heteroatoms. The van der Waals surface area contributed by atoms with Crippen molar-refractivity contribution >= 4 is 22.7 Å². The Morgan fingerprint density at radius 2 is 1.75 bits per heavy atom. The number of hydrogen-bond acceptors (Lipinski definition) is 3. The van der Waals surface area contributed by atoms with E-state index in [1.165, 1.54) is 5.56 Å². The molecule has 3 aromatic rings. The van der Waals surface area contributed by atoms with Gasteiger partial charge < -0.3 is 0 Å². The lowest BCUT2D eigenvalue weighted by Crippen LogP contribution is -2.25. The molecule has 0 fully saturated rings. The molecule has 0 saturated carbocycles. The summed E-state index contributed by atoms with van der Waals surface area (Å²) < 4.78 is 1.81. The van der Waals surface area contributed by atoms with E-state index >= 15 is 0 Å². The molecule has 0 aliphatic rings. The third-order valence-corrected chi connectivity index (χ3v) is 5.01. The first-order chi connectivity index (χ1) is 11.7. The van der Waals surface area contributed by atoms with Crippen molar-refractivity contribution in [3.8, 4) is 0 Å². The molecule has 0 spiro atoms.